The summed E-state index contributed by atoms with van der Waals surface area (Å²) in [6, 6.07) is 35.7. The number of imidazole rings is 1. The third kappa shape index (κ3) is 8.99. The molecule has 0 unspecified atom stereocenters. The molecule has 6 rings (SSSR count). The van der Waals surface area contributed by atoms with Gasteiger partial charge in [-0.3, -0.25) is 15.6 Å². The highest BCUT2D eigenvalue weighted by molar-refractivity contribution is 5.98. The van der Waals surface area contributed by atoms with E-state index >= 15 is 0 Å². The van der Waals surface area contributed by atoms with Crippen LogP contribution in [0.4, 0.5) is 5.69 Å². The maximum Gasteiger partial charge on any atom is 0.241 e. The zero-order valence-corrected chi connectivity index (χ0v) is 30.0. The van der Waals surface area contributed by atoms with Gasteiger partial charge in [-0.25, -0.2) is 4.98 Å². The Labute approximate surface area is 310 Å². The Kier molecular flexibility index (Phi) is 13.9. The molecule has 1 heterocycles. The molecule has 12 heteroatoms. The monoisotopic (exact) mass is 730 g/mol. The largest absolute Gasteiger partial charge is 0.384 e. The number of nitrogens with two attached hydrogens (primary N) is 2. The summed E-state index contributed by atoms with van der Waals surface area (Å²) in [5, 5.41) is 20.8. The number of anilines is 1. The predicted molar refractivity (Wildman–Crippen MR) is 212 cm³/mol. The smallest absolute Gasteiger partial charge is 0.241 e. The number of nitrogens with one attached hydrogen (secondary N) is 3. The third-order valence-electron chi connectivity index (χ3n) is 8.55. The normalized spacial score (nSPS) is 10.5. The summed E-state index contributed by atoms with van der Waals surface area (Å²) in [5.74, 6) is 0.994. The fourth-order valence-electron chi connectivity index (χ4n) is 5.87. The lowest BCUT2D eigenvalue weighted by atomic mass is 10.0. The zero-order valence-electron chi connectivity index (χ0n) is 27.6. The average Bonchev–Trinajstić information content (AvgIpc) is 3.40. The van der Waals surface area contributed by atoms with Gasteiger partial charge in [-0.1, -0.05) is 91.0 Å². The van der Waals surface area contributed by atoms with Crippen LogP contribution in [0.2, 0.25) is 0 Å². The van der Waals surface area contributed by atoms with E-state index in [4.69, 9.17) is 27.3 Å². The molecule has 50 heavy (non-hydrogen) atoms. The van der Waals surface area contributed by atoms with Crippen molar-refractivity contribution in [3.63, 3.8) is 0 Å². The first kappa shape index (κ1) is 39.5. The molecule has 0 spiro atoms. The lowest BCUT2D eigenvalue weighted by Crippen LogP contribution is -2.37. The number of hydrogen-bond donors (Lipinski definition) is 5. The summed E-state index contributed by atoms with van der Waals surface area (Å²) < 4.78 is 2.11. The van der Waals surface area contributed by atoms with Crippen molar-refractivity contribution in [2.45, 2.75) is 25.9 Å². The predicted octanol–water partition coefficient (Wildman–Crippen LogP) is 6.67. The fraction of sp³-hybridized carbons (Fsp3) is 0.158. The molecule has 0 bridgehead atoms. The molecular weight excluding hydrogens is 691 g/mol. The molecule has 1 amide bonds. The number of amidine groups is 2. The highest BCUT2D eigenvalue weighted by Crippen LogP contribution is 2.27. The Morgan fingerprint density at radius 2 is 1.40 bits per heavy atom. The van der Waals surface area contributed by atoms with Crippen LogP contribution in [0.5, 0.6) is 0 Å². The van der Waals surface area contributed by atoms with Crippen LogP contribution in [0.1, 0.15) is 33.6 Å². The average molecular weight is 732 g/mol. The van der Waals surface area contributed by atoms with Gasteiger partial charge in [0.25, 0.3) is 0 Å². The lowest BCUT2D eigenvalue weighted by Gasteiger charge is -2.24. The second-order valence-corrected chi connectivity index (χ2v) is 11.7. The van der Waals surface area contributed by atoms with E-state index in [2.05, 4.69) is 34.1 Å². The molecule has 7 N–H and O–H groups in total. The summed E-state index contributed by atoms with van der Waals surface area (Å²) >= 11 is 0. The SMILES string of the molecule is Cl.Cl.Cl.Cn1c(CCc2ccc(C(=N)N)cc2)nc2cc(N(Cc3cccc4ccccc34)C(=O)CNCc3ccc(C(=N)N)cc3)ccc21. The van der Waals surface area contributed by atoms with Gasteiger partial charge >= 0.3 is 0 Å². The van der Waals surface area contributed by atoms with Gasteiger partial charge in [0.05, 0.1) is 24.1 Å². The number of carbonyl (C=O) groups excluding carboxylic acids is 1. The van der Waals surface area contributed by atoms with Crippen molar-refractivity contribution in [2.75, 3.05) is 11.4 Å². The van der Waals surface area contributed by atoms with Crippen LogP contribution in [0, 0.1) is 10.8 Å². The van der Waals surface area contributed by atoms with Gasteiger partial charge in [0, 0.05) is 36.8 Å². The Hall–Kier alpha value is -4.93. The summed E-state index contributed by atoms with van der Waals surface area (Å²) in [5.41, 5.74) is 18.4. The number of nitrogens with zero attached hydrogens (tertiary/aromatic N) is 3. The third-order valence-corrected chi connectivity index (χ3v) is 8.55. The van der Waals surface area contributed by atoms with E-state index in [1.165, 1.54) is 0 Å². The van der Waals surface area contributed by atoms with Crippen molar-refractivity contribution in [2.24, 2.45) is 18.5 Å². The van der Waals surface area contributed by atoms with Crippen LogP contribution >= 0.6 is 37.2 Å². The Morgan fingerprint density at radius 1 is 0.780 bits per heavy atom. The highest BCUT2D eigenvalue weighted by atomic mass is 35.5. The second kappa shape index (κ2) is 17.6. The number of hydrogen-bond acceptors (Lipinski definition) is 5. The first-order chi connectivity index (χ1) is 22.8. The molecule has 0 atom stereocenters. The topological polar surface area (TPSA) is 150 Å². The Morgan fingerprint density at radius 3 is 2.06 bits per heavy atom. The summed E-state index contributed by atoms with van der Waals surface area (Å²) in [6.45, 7) is 1.07. The molecule has 1 aromatic heterocycles. The molecule has 6 aromatic rings. The molecule has 0 aliphatic heterocycles. The standard InChI is InChI=1S/C38H38N8O.3ClH/c1-45-34-19-18-31(21-33(34)44-35(45)20-13-25-9-14-28(15-10-25)37(39)40)46(24-30-7-4-6-27-5-2-3-8-32(27)30)36(47)23-43-22-26-11-16-29(17-12-26)38(41)42;;;/h2-12,14-19,21,43H,13,20,22-24H2,1H3,(H3,39,40)(H3,41,42);3*1H. The minimum Gasteiger partial charge on any atom is -0.384 e. The minimum atomic E-state index is -0.0530. The van der Waals surface area contributed by atoms with Crippen molar-refractivity contribution in [1.29, 1.82) is 10.8 Å². The van der Waals surface area contributed by atoms with E-state index in [-0.39, 0.29) is 61.3 Å². The number of nitrogen functional groups attached to an aromatic ring is 2. The van der Waals surface area contributed by atoms with Crippen LogP contribution < -0.4 is 21.7 Å². The number of rotatable bonds is 12. The van der Waals surface area contributed by atoms with Gasteiger partial charge in [0.1, 0.15) is 17.5 Å². The fourth-order valence-corrected chi connectivity index (χ4v) is 5.87. The van der Waals surface area contributed by atoms with E-state index < -0.39 is 0 Å². The van der Waals surface area contributed by atoms with E-state index in [9.17, 15) is 4.79 Å². The van der Waals surface area contributed by atoms with Crippen LogP contribution in [0.25, 0.3) is 21.8 Å². The van der Waals surface area contributed by atoms with E-state index in [0.717, 1.165) is 62.8 Å². The number of amides is 1. The molecule has 260 valence electrons. The minimum absolute atomic E-state index is 0. The van der Waals surface area contributed by atoms with Gasteiger partial charge in [-0.2, -0.15) is 0 Å². The number of carbonyl (C=O) groups is 1. The van der Waals surface area contributed by atoms with Crippen LogP contribution in [0.3, 0.4) is 0 Å². The molecule has 0 aliphatic rings. The highest BCUT2D eigenvalue weighted by Gasteiger charge is 2.19. The molecule has 5 aromatic carbocycles. The summed E-state index contributed by atoms with van der Waals surface area (Å²) in [4.78, 5) is 20.7. The van der Waals surface area contributed by atoms with Gasteiger partial charge in [0.15, 0.2) is 0 Å². The Balaban J connectivity index is 0.00000225. The van der Waals surface area contributed by atoms with E-state index in [1.54, 1.807) is 0 Å². The molecule has 0 saturated heterocycles. The molecular formula is C38H41Cl3N8O. The maximum absolute atomic E-state index is 13.9. The zero-order chi connectivity index (χ0) is 32.9. The number of fused-ring (bicyclic) bond motifs is 2. The van der Waals surface area contributed by atoms with Gasteiger partial charge in [0.2, 0.25) is 5.91 Å². The molecule has 0 fully saturated rings. The van der Waals surface area contributed by atoms with Crippen molar-refractivity contribution in [1.82, 2.24) is 14.9 Å². The first-order valence-corrected chi connectivity index (χ1v) is 15.6. The molecule has 0 aliphatic carbocycles. The van der Waals surface area contributed by atoms with Crippen LogP contribution in [-0.4, -0.2) is 33.7 Å². The van der Waals surface area contributed by atoms with Gasteiger partial charge < -0.3 is 26.3 Å². The number of aryl methyl sites for hydroxylation is 3. The molecule has 9 nitrogen and oxygen atoms in total. The van der Waals surface area contributed by atoms with Crippen molar-refractivity contribution in [3.05, 3.63) is 143 Å². The van der Waals surface area contributed by atoms with E-state index in [0.29, 0.717) is 24.2 Å². The number of benzene rings is 5. The maximum atomic E-state index is 13.9. The van der Waals surface area contributed by atoms with E-state index in [1.807, 2.05) is 96.9 Å². The quantitative estimate of drug-likeness (QED) is 0.0704. The van der Waals surface area contributed by atoms with Crippen molar-refractivity contribution in [3.8, 4) is 0 Å². The van der Waals surface area contributed by atoms with Gasteiger partial charge in [-0.05, 0) is 52.1 Å². The summed E-state index contributed by atoms with van der Waals surface area (Å²) in [6.07, 6.45) is 1.55. The Bertz CT molecular complexity index is 2090. The number of halogens is 3. The number of aromatic nitrogens is 2. The second-order valence-electron chi connectivity index (χ2n) is 11.7. The van der Waals surface area contributed by atoms with Crippen LogP contribution in [-0.2, 0) is 37.8 Å². The van der Waals surface area contributed by atoms with Crippen molar-refractivity contribution < 1.29 is 4.79 Å². The van der Waals surface area contributed by atoms with Crippen molar-refractivity contribution >= 4 is 82.3 Å². The van der Waals surface area contributed by atoms with Crippen LogP contribution in [0.15, 0.2) is 109 Å². The molecule has 0 saturated carbocycles. The summed E-state index contributed by atoms with van der Waals surface area (Å²) in [7, 11) is 2.02. The lowest BCUT2D eigenvalue weighted by molar-refractivity contribution is -0.118. The molecule has 0 radical (unpaired) electrons. The van der Waals surface area contributed by atoms with Gasteiger partial charge in [-0.15, -0.1) is 37.2 Å². The first-order valence-electron chi connectivity index (χ1n) is 15.6.